The third-order valence-electron chi connectivity index (χ3n) is 2.54. The van der Waals surface area contributed by atoms with Crippen molar-refractivity contribution in [3.63, 3.8) is 0 Å². The number of rotatable bonds is 3. The Bertz CT molecular complexity index is 238. The van der Waals surface area contributed by atoms with Crippen LogP contribution in [0.1, 0.15) is 19.3 Å². The third kappa shape index (κ3) is 2.26. The lowest BCUT2D eigenvalue weighted by Crippen LogP contribution is -2.25. The minimum atomic E-state index is -0.603. The smallest absolute Gasteiger partial charge is 0.431 e. The van der Waals surface area contributed by atoms with Crippen molar-refractivity contribution in [3.05, 3.63) is 12.7 Å². The van der Waals surface area contributed by atoms with Gasteiger partial charge in [0.05, 0.1) is 12.2 Å². The first-order chi connectivity index (χ1) is 6.79. The van der Waals surface area contributed by atoms with E-state index in [2.05, 4.69) is 6.58 Å². The molecule has 3 unspecified atom stereocenters. The largest absolute Gasteiger partial charge is 0.508 e. The van der Waals surface area contributed by atoms with E-state index in [9.17, 15) is 4.79 Å². The van der Waals surface area contributed by atoms with Crippen molar-refractivity contribution < 1.29 is 19.0 Å². The quantitative estimate of drug-likeness (QED) is 0.393. The van der Waals surface area contributed by atoms with Gasteiger partial charge in [-0.2, -0.15) is 0 Å². The molecule has 2 aliphatic rings. The molecular weight excluding hydrogens is 184 g/mol. The van der Waals surface area contributed by atoms with Gasteiger partial charge in [-0.15, -0.1) is 0 Å². The normalized spacial score (nSPS) is 34.1. The van der Waals surface area contributed by atoms with E-state index in [1.54, 1.807) is 0 Å². The fraction of sp³-hybridized carbons (Fsp3) is 0.700. The maximum Gasteiger partial charge on any atom is 0.508 e. The van der Waals surface area contributed by atoms with Crippen molar-refractivity contribution in [1.29, 1.82) is 0 Å². The number of hydrogen-bond acceptors (Lipinski definition) is 4. The first-order valence-corrected chi connectivity index (χ1v) is 4.89. The van der Waals surface area contributed by atoms with Crippen molar-refractivity contribution in [2.75, 3.05) is 6.61 Å². The van der Waals surface area contributed by atoms with Gasteiger partial charge in [-0.1, -0.05) is 12.7 Å². The van der Waals surface area contributed by atoms with Crippen molar-refractivity contribution in [3.8, 4) is 0 Å². The molecule has 0 aromatic rings. The molecule has 0 spiro atoms. The molecule has 1 saturated carbocycles. The minimum Gasteiger partial charge on any atom is -0.431 e. The number of epoxide rings is 1. The van der Waals surface area contributed by atoms with Crippen LogP contribution < -0.4 is 0 Å². The molecule has 0 aromatic heterocycles. The summed E-state index contributed by atoms with van der Waals surface area (Å²) in [5.41, 5.74) is 0. The number of carbonyl (C=O) groups excluding carboxylic acids is 1. The molecule has 0 radical (unpaired) electrons. The van der Waals surface area contributed by atoms with Crippen LogP contribution in [0.2, 0.25) is 0 Å². The highest BCUT2D eigenvalue weighted by Crippen LogP contribution is 2.37. The molecule has 0 N–H and O–H groups in total. The van der Waals surface area contributed by atoms with Gasteiger partial charge in [-0.25, -0.2) is 4.79 Å². The van der Waals surface area contributed by atoms with Gasteiger partial charge in [0.15, 0.2) is 0 Å². The molecule has 3 atom stereocenters. The molecule has 2 fully saturated rings. The standard InChI is InChI=1S/C10H14O4/c1-2-5-12-10(11)13-7-3-4-8-9(6-7)14-8/h2,7-9H,1,3-6H2. The molecule has 1 aliphatic carbocycles. The van der Waals surface area contributed by atoms with E-state index in [4.69, 9.17) is 14.2 Å². The summed E-state index contributed by atoms with van der Waals surface area (Å²) < 4.78 is 15.1. The number of carbonyl (C=O) groups is 1. The molecule has 14 heavy (non-hydrogen) atoms. The molecule has 78 valence electrons. The Labute approximate surface area is 82.8 Å². The summed E-state index contributed by atoms with van der Waals surface area (Å²) in [6.07, 6.45) is 4.31. The van der Waals surface area contributed by atoms with E-state index in [1.165, 1.54) is 6.08 Å². The lowest BCUT2D eigenvalue weighted by molar-refractivity contribution is 0.0192. The Morgan fingerprint density at radius 3 is 3.07 bits per heavy atom. The van der Waals surface area contributed by atoms with E-state index in [0.717, 1.165) is 19.3 Å². The number of fused-ring (bicyclic) bond motifs is 1. The van der Waals surface area contributed by atoms with E-state index >= 15 is 0 Å². The van der Waals surface area contributed by atoms with Gasteiger partial charge in [-0.05, 0) is 12.8 Å². The van der Waals surface area contributed by atoms with Crippen LogP contribution in [-0.2, 0) is 14.2 Å². The van der Waals surface area contributed by atoms with Crippen LogP contribution in [0.3, 0.4) is 0 Å². The van der Waals surface area contributed by atoms with E-state index in [-0.39, 0.29) is 12.7 Å². The molecule has 1 aliphatic heterocycles. The van der Waals surface area contributed by atoms with Crippen LogP contribution in [0.4, 0.5) is 4.79 Å². The van der Waals surface area contributed by atoms with Crippen LogP contribution in [-0.4, -0.2) is 31.1 Å². The van der Waals surface area contributed by atoms with Gasteiger partial charge in [0.1, 0.15) is 12.7 Å². The van der Waals surface area contributed by atoms with Crippen LogP contribution in [0.5, 0.6) is 0 Å². The highest BCUT2D eigenvalue weighted by molar-refractivity contribution is 5.60. The third-order valence-corrected chi connectivity index (χ3v) is 2.54. The van der Waals surface area contributed by atoms with Crippen molar-refractivity contribution >= 4 is 6.16 Å². The van der Waals surface area contributed by atoms with Crippen LogP contribution in [0, 0.1) is 0 Å². The molecular formula is C10H14O4. The van der Waals surface area contributed by atoms with Gasteiger partial charge in [0, 0.05) is 6.42 Å². The average molecular weight is 198 g/mol. The fourth-order valence-electron chi connectivity index (χ4n) is 1.77. The van der Waals surface area contributed by atoms with Gasteiger partial charge in [-0.3, -0.25) is 0 Å². The summed E-state index contributed by atoms with van der Waals surface area (Å²) in [5.74, 6) is 0. The second-order valence-corrected chi connectivity index (χ2v) is 3.62. The predicted molar refractivity (Wildman–Crippen MR) is 48.9 cm³/mol. The fourth-order valence-corrected chi connectivity index (χ4v) is 1.77. The molecule has 0 amide bonds. The van der Waals surface area contributed by atoms with Crippen molar-refractivity contribution in [1.82, 2.24) is 0 Å². The predicted octanol–water partition coefficient (Wildman–Crippen LogP) is 1.65. The highest BCUT2D eigenvalue weighted by atomic mass is 16.7. The van der Waals surface area contributed by atoms with Gasteiger partial charge < -0.3 is 14.2 Å². The van der Waals surface area contributed by atoms with E-state index < -0.39 is 6.16 Å². The topological polar surface area (TPSA) is 48.1 Å². The van der Waals surface area contributed by atoms with Gasteiger partial charge in [0.2, 0.25) is 0 Å². The van der Waals surface area contributed by atoms with Gasteiger partial charge >= 0.3 is 6.16 Å². The first kappa shape index (κ1) is 9.52. The van der Waals surface area contributed by atoms with Crippen LogP contribution in [0.15, 0.2) is 12.7 Å². The molecule has 4 heteroatoms. The molecule has 4 nitrogen and oxygen atoms in total. The lowest BCUT2D eigenvalue weighted by atomic mass is 9.98. The van der Waals surface area contributed by atoms with E-state index in [1.807, 2.05) is 0 Å². The van der Waals surface area contributed by atoms with Crippen LogP contribution in [0.25, 0.3) is 0 Å². The minimum absolute atomic E-state index is 0.0314. The monoisotopic (exact) mass is 198 g/mol. The molecule has 0 aromatic carbocycles. The Morgan fingerprint density at radius 2 is 2.36 bits per heavy atom. The zero-order chi connectivity index (χ0) is 9.97. The average Bonchev–Trinajstić information content (AvgIpc) is 2.92. The Morgan fingerprint density at radius 1 is 1.50 bits per heavy atom. The molecule has 1 saturated heterocycles. The van der Waals surface area contributed by atoms with Crippen molar-refractivity contribution in [2.24, 2.45) is 0 Å². The van der Waals surface area contributed by atoms with Crippen LogP contribution >= 0.6 is 0 Å². The molecule has 2 rings (SSSR count). The zero-order valence-corrected chi connectivity index (χ0v) is 7.98. The first-order valence-electron chi connectivity index (χ1n) is 4.89. The second kappa shape index (κ2) is 4.00. The molecule has 0 bridgehead atoms. The number of ether oxygens (including phenoxy) is 3. The Hall–Kier alpha value is -1.03. The Kier molecular flexibility index (Phi) is 2.72. The second-order valence-electron chi connectivity index (χ2n) is 3.62. The Balaban J connectivity index is 1.68. The summed E-state index contributed by atoms with van der Waals surface area (Å²) >= 11 is 0. The number of hydrogen-bond donors (Lipinski definition) is 0. The highest BCUT2D eigenvalue weighted by Gasteiger charge is 2.45. The lowest BCUT2D eigenvalue weighted by Gasteiger charge is -2.18. The van der Waals surface area contributed by atoms with E-state index in [0.29, 0.717) is 12.2 Å². The summed E-state index contributed by atoms with van der Waals surface area (Å²) in [7, 11) is 0. The SMILES string of the molecule is C=CCOC(=O)OC1CCC2OC2C1. The summed E-state index contributed by atoms with van der Waals surface area (Å²) in [6.45, 7) is 3.65. The summed E-state index contributed by atoms with van der Waals surface area (Å²) in [4.78, 5) is 11.1. The van der Waals surface area contributed by atoms with Crippen molar-refractivity contribution in [2.45, 2.75) is 37.6 Å². The maximum absolute atomic E-state index is 11.1. The zero-order valence-electron chi connectivity index (χ0n) is 7.98. The summed E-state index contributed by atoms with van der Waals surface area (Å²) in [5, 5.41) is 0. The molecule has 1 heterocycles. The maximum atomic E-state index is 11.1. The summed E-state index contributed by atoms with van der Waals surface area (Å²) in [6, 6.07) is 0. The van der Waals surface area contributed by atoms with Gasteiger partial charge in [0.25, 0.3) is 0 Å².